The highest BCUT2D eigenvalue weighted by Crippen LogP contribution is 2.10. The summed E-state index contributed by atoms with van der Waals surface area (Å²) in [5.74, 6) is -0.274. The summed E-state index contributed by atoms with van der Waals surface area (Å²) >= 11 is 0. The van der Waals surface area contributed by atoms with Crippen molar-refractivity contribution >= 4 is 11.9 Å². The Kier molecular flexibility index (Phi) is 34.3. The number of hydrogen-bond donors (Lipinski definition) is 0. The van der Waals surface area contributed by atoms with Gasteiger partial charge in [-0.25, -0.2) is 0 Å². The molecule has 43 heavy (non-hydrogen) atoms. The molecule has 0 bridgehead atoms. The average molecular weight is 601 g/mol. The molecule has 248 valence electrons. The summed E-state index contributed by atoms with van der Waals surface area (Å²) in [6.45, 7) is 5.14. The summed E-state index contributed by atoms with van der Waals surface area (Å²) in [6.07, 6.45) is 45.6. The van der Waals surface area contributed by atoms with Crippen molar-refractivity contribution in [2.75, 3.05) is 13.2 Å². The van der Waals surface area contributed by atoms with Crippen molar-refractivity contribution in [3.05, 3.63) is 48.6 Å². The molecule has 0 heterocycles. The standard InChI is InChI=1S/C39H68O4/c1-3-5-7-9-11-13-15-17-19-21-23-25-27-29-31-34-38(40)42-36-33-37-43-39(41)35-32-30-28-26-24-22-20-18-16-14-12-10-8-6-4-2/h11-14,17-20H,3-10,15-16,21-37H2,1-2H3. The summed E-state index contributed by atoms with van der Waals surface area (Å²) in [4.78, 5) is 23.8. The van der Waals surface area contributed by atoms with Gasteiger partial charge in [-0.1, -0.05) is 127 Å². The number of carbonyl (C=O) groups excluding carboxylic acids is 2. The van der Waals surface area contributed by atoms with Crippen LogP contribution in [-0.4, -0.2) is 25.2 Å². The van der Waals surface area contributed by atoms with Gasteiger partial charge in [-0.05, 0) is 77.0 Å². The second kappa shape index (κ2) is 36.1. The van der Waals surface area contributed by atoms with E-state index in [1.54, 1.807) is 0 Å². The van der Waals surface area contributed by atoms with Gasteiger partial charge in [0.15, 0.2) is 0 Å². The topological polar surface area (TPSA) is 52.6 Å². The van der Waals surface area contributed by atoms with E-state index in [2.05, 4.69) is 62.5 Å². The fraction of sp³-hybridized carbons (Fsp3) is 0.744. The number of unbranched alkanes of at least 4 members (excludes halogenated alkanes) is 16. The molecule has 0 aromatic heterocycles. The van der Waals surface area contributed by atoms with Crippen LogP contribution in [-0.2, 0) is 19.1 Å². The molecule has 0 aromatic rings. The van der Waals surface area contributed by atoms with Crippen LogP contribution in [0.3, 0.4) is 0 Å². The molecular weight excluding hydrogens is 532 g/mol. The highest BCUT2D eigenvalue weighted by Gasteiger charge is 2.05. The smallest absolute Gasteiger partial charge is 0.305 e. The third kappa shape index (κ3) is 36.0. The van der Waals surface area contributed by atoms with E-state index < -0.39 is 0 Å². The lowest BCUT2D eigenvalue weighted by molar-refractivity contribution is -0.146. The van der Waals surface area contributed by atoms with Gasteiger partial charge < -0.3 is 9.47 Å². The highest BCUT2D eigenvalue weighted by atomic mass is 16.5. The number of carbonyl (C=O) groups is 2. The van der Waals surface area contributed by atoms with Crippen molar-refractivity contribution in [1.82, 2.24) is 0 Å². The molecule has 0 aliphatic carbocycles. The van der Waals surface area contributed by atoms with Crippen LogP contribution < -0.4 is 0 Å². The Bertz CT molecular complexity index is 659. The minimum absolute atomic E-state index is 0.137. The van der Waals surface area contributed by atoms with E-state index in [9.17, 15) is 9.59 Å². The number of hydrogen-bond acceptors (Lipinski definition) is 4. The molecule has 4 nitrogen and oxygen atoms in total. The Morgan fingerprint density at radius 1 is 0.395 bits per heavy atom. The van der Waals surface area contributed by atoms with E-state index >= 15 is 0 Å². The molecule has 0 fully saturated rings. The number of rotatable bonds is 32. The molecule has 0 rings (SSSR count). The molecule has 0 spiro atoms. The lowest BCUT2D eigenvalue weighted by Gasteiger charge is -2.06. The fourth-order valence-electron chi connectivity index (χ4n) is 4.74. The zero-order valence-electron chi connectivity index (χ0n) is 28.3. The molecule has 0 saturated heterocycles. The lowest BCUT2D eigenvalue weighted by Crippen LogP contribution is -2.10. The van der Waals surface area contributed by atoms with Crippen molar-refractivity contribution < 1.29 is 19.1 Å². The number of ether oxygens (including phenoxy) is 2. The SMILES string of the molecule is CCCCCC=CCC=CCCCCCCCC(=O)OCCCOC(=O)CCCCCCCC=CCC=CCCCCC. The summed E-state index contributed by atoms with van der Waals surface area (Å²) in [7, 11) is 0. The first-order chi connectivity index (χ1) is 21.2. The summed E-state index contributed by atoms with van der Waals surface area (Å²) in [5, 5.41) is 0. The molecule has 0 N–H and O–H groups in total. The van der Waals surface area contributed by atoms with Crippen LogP contribution in [0.15, 0.2) is 48.6 Å². The van der Waals surface area contributed by atoms with Crippen molar-refractivity contribution in [3.63, 3.8) is 0 Å². The van der Waals surface area contributed by atoms with Crippen LogP contribution in [0.25, 0.3) is 0 Å². The van der Waals surface area contributed by atoms with E-state index in [0.29, 0.717) is 32.5 Å². The minimum atomic E-state index is -0.137. The summed E-state index contributed by atoms with van der Waals surface area (Å²) in [6, 6.07) is 0. The second-order valence-corrected chi connectivity index (χ2v) is 11.8. The van der Waals surface area contributed by atoms with Gasteiger partial charge in [0.1, 0.15) is 0 Å². The van der Waals surface area contributed by atoms with E-state index in [4.69, 9.17) is 9.47 Å². The quantitative estimate of drug-likeness (QED) is 0.0438. The second-order valence-electron chi connectivity index (χ2n) is 11.8. The first kappa shape index (κ1) is 40.9. The average Bonchev–Trinajstić information content (AvgIpc) is 3.00. The Labute approximate surface area is 266 Å². The molecule has 0 aromatic carbocycles. The Balaban J connectivity index is 3.38. The third-order valence-electron chi connectivity index (χ3n) is 7.48. The van der Waals surface area contributed by atoms with E-state index in [1.165, 1.54) is 89.9 Å². The van der Waals surface area contributed by atoms with Crippen molar-refractivity contribution in [1.29, 1.82) is 0 Å². The summed E-state index contributed by atoms with van der Waals surface area (Å²) < 4.78 is 10.6. The highest BCUT2D eigenvalue weighted by molar-refractivity contribution is 5.69. The van der Waals surface area contributed by atoms with Crippen LogP contribution in [0.1, 0.15) is 174 Å². The Hall–Kier alpha value is -2.10. The maximum atomic E-state index is 11.9. The maximum absolute atomic E-state index is 11.9. The molecular formula is C39H68O4. The van der Waals surface area contributed by atoms with E-state index in [0.717, 1.165) is 51.4 Å². The van der Waals surface area contributed by atoms with Crippen LogP contribution in [0, 0.1) is 0 Å². The van der Waals surface area contributed by atoms with Crippen molar-refractivity contribution in [3.8, 4) is 0 Å². The van der Waals surface area contributed by atoms with Crippen LogP contribution in [0.4, 0.5) is 0 Å². The van der Waals surface area contributed by atoms with E-state index in [-0.39, 0.29) is 11.9 Å². The number of allylic oxidation sites excluding steroid dienone is 8. The first-order valence-corrected chi connectivity index (χ1v) is 18.1. The predicted octanol–water partition coefficient (Wildman–Crippen LogP) is 12.1. The molecule has 0 amide bonds. The Morgan fingerprint density at radius 2 is 0.721 bits per heavy atom. The molecule has 0 atom stereocenters. The zero-order chi connectivity index (χ0) is 31.3. The van der Waals surface area contributed by atoms with Gasteiger partial charge in [0.05, 0.1) is 13.2 Å². The fourth-order valence-corrected chi connectivity index (χ4v) is 4.74. The van der Waals surface area contributed by atoms with Crippen LogP contribution in [0.5, 0.6) is 0 Å². The van der Waals surface area contributed by atoms with Gasteiger partial charge in [-0.2, -0.15) is 0 Å². The van der Waals surface area contributed by atoms with Gasteiger partial charge in [0, 0.05) is 19.3 Å². The molecule has 0 unspecified atom stereocenters. The van der Waals surface area contributed by atoms with Gasteiger partial charge in [-0.15, -0.1) is 0 Å². The normalized spacial score (nSPS) is 12.0. The predicted molar refractivity (Wildman–Crippen MR) is 185 cm³/mol. The van der Waals surface area contributed by atoms with Crippen LogP contribution >= 0.6 is 0 Å². The monoisotopic (exact) mass is 601 g/mol. The van der Waals surface area contributed by atoms with Gasteiger partial charge in [0.2, 0.25) is 0 Å². The molecule has 0 radical (unpaired) electrons. The molecule has 0 saturated carbocycles. The van der Waals surface area contributed by atoms with Gasteiger partial charge >= 0.3 is 11.9 Å². The van der Waals surface area contributed by atoms with Gasteiger partial charge in [0.25, 0.3) is 0 Å². The lowest BCUT2D eigenvalue weighted by atomic mass is 10.1. The number of esters is 2. The largest absolute Gasteiger partial charge is 0.466 e. The molecule has 4 heteroatoms. The molecule has 0 aliphatic rings. The Morgan fingerprint density at radius 3 is 1.09 bits per heavy atom. The molecule has 0 aliphatic heterocycles. The van der Waals surface area contributed by atoms with Gasteiger partial charge in [-0.3, -0.25) is 9.59 Å². The minimum Gasteiger partial charge on any atom is -0.466 e. The van der Waals surface area contributed by atoms with E-state index in [1.807, 2.05) is 0 Å². The van der Waals surface area contributed by atoms with Crippen LogP contribution in [0.2, 0.25) is 0 Å². The maximum Gasteiger partial charge on any atom is 0.305 e. The van der Waals surface area contributed by atoms with Crippen molar-refractivity contribution in [2.45, 2.75) is 174 Å². The first-order valence-electron chi connectivity index (χ1n) is 18.1. The summed E-state index contributed by atoms with van der Waals surface area (Å²) in [5.41, 5.74) is 0. The third-order valence-corrected chi connectivity index (χ3v) is 7.48. The van der Waals surface area contributed by atoms with Crippen molar-refractivity contribution in [2.24, 2.45) is 0 Å². The zero-order valence-corrected chi connectivity index (χ0v) is 28.3.